The molecular formula is C18H26N2O3. The third kappa shape index (κ3) is 4.98. The molecule has 1 aromatic rings. The zero-order valence-corrected chi connectivity index (χ0v) is 13.8. The van der Waals surface area contributed by atoms with Crippen LogP contribution in [0.4, 0.5) is 5.69 Å². The largest absolute Gasteiger partial charge is 0.480 e. The van der Waals surface area contributed by atoms with Crippen molar-refractivity contribution < 1.29 is 14.7 Å². The van der Waals surface area contributed by atoms with E-state index in [0.29, 0.717) is 12.0 Å². The zero-order valence-electron chi connectivity index (χ0n) is 13.8. The molecule has 0 unspecified atom stereocenters. The molecule has 1 heterocycles. The lowest BCUT2D eigenvalue weighted by Gasteiger charge is -2.28. The van der Waals surface area contributed by atoms with Gasteiger partial charge in [-0.05, 0) is 49.9 Å². The summed E-state index contributed by atoms with van der Waals surface area (Å²) in [6.45, 7) is 4.12. The van der Waals surface area contributed by atoms with E-state index in [-0.39, 0.29) is 5.91 Å². The number of benzene rings is 1. The van der Waals surface area contributed by atoms with Gasteiger partial charge in [-0.3, -0.25) is 4.79 Å². The van der Waals surface area contributed by atoms with E-state index < -0.39 is 12.0 Å². The van der Waals surface area contributed by atoms with Gasteiger partial charge >= 0.3 is 5.97 Å². The van der Waals surface area contributed by atoms with Crippen molar-refractivity contribution in [3.63, 3.8) is 0 Å². The molecule has 1 aliphatic rings. The third-order valence-corrected chi connectivity index (χ3v) is 4.30. The highest BCUT2D eigenvalue weighted by atomic mass is 16.4. The fourth-order valence-corrected chi connectivity index (χ4v) is 2.88. The maximum Gasteiger partial charge on any atom is 0.326 e. The molecule has 2 rings (SSSR count). The standard InChI is InChI=1S/C18H26N2O3/c1-2-3-7-16(18(22)23)19-17(21)14-8-10-15(11-9-14)20-12-5-4-6-13-20/h8-11,16H,2-7,12-13H2,1H3,(H,19,21)(H,22,23)/t16-/m0/s1. The van der Waals surface area contributed by atoms with Crippen LogP contribution >= 0.6 is 0 Å². The van der Waals surface area contributed by atoms with Crippen LogP contribution in [-0.4, -0.2) is 36.1 Å². The van der Waals surface area contributed by atoms with Crippen LogP contribution in [0.1, 0.15) is 55.8 Å². The normalized spacial score (nSPS) is 16.0. The zero-order chi connectivity index (χ0) is 16.7. The molecule has 5 heteroatoms. The molecule has 0 radical (unpaired) electrons. The number of nitrogens with one attached hydrogen (secondary N) is 1. The molecule has 1 amide bonds. The molecule has 0 aromatic heterocycles. The van der Waals surface area contributed by atoms with Crippen LogP contribution in [0, 0.1) is 0 Å². The Morgan fingerprint density at radius 3 is 2.39 bits per heavy atom. The highest BCUT2D eigenvalue weighted by molar-refractivity contribution is 5.96. The summed E-state index contributed by atoms with van der Waals surface area (Å²) in [5, 5.41) is 11.8. The lowest BCUT2D eigenvalue weighted by atomic mass is 10.1. The van der Waals surface area contributed by atoms with Gasteiger partial charge in [-0.15, -0.1) is 0 Å². The van der Waals surface area contributed by atoms with Gasteiger partial charge in [-0.2, -0.15) is 0 Å². The van der Waals surface area contributed by atoms with Crippen molar-refractivity contribution in [2.24, 2.45) is 0 Å². The summed E-state index contributed by atoms with van der Waals surface area (Å²) >= 11 is 0. The Balaban J connectivity index is 1.97. The maximum atomic E-state index is 12.2. The SMILES string of the molecule is CCCC[C@H](NC(=O)c1ccc(N2CCCCC2)cc1)C(=O)O. The van der Waals surface area contributed by atoms with E-state index in [4.69, 9.17) is 0 Å². The number of nitrogens with zero attached hydrogens (tertiary/aromatic N) is 1. The van der Waals surface area contributed by atoms with Gasteiger partial charge in [-0.25, -0.2) is 4.79 Å². The molecule has 1 aromatic carbocycles. The summed E-state index contributed by atoms with van der Waals surface area (Å²) in [5.41, 5.74) is 1.63. The van der Waals surface area contributed by atoms with Crippen molar-refractivity contribution >= 4 is 17.6 Å². The molecule has 1 fully saturated rings. The second kappa shape index (κ2) is 8.56. The monoisotopic (exact) mass is 318 g/mol. The molecule has 1 saturated heterocycles. The van der Waals surface area contributed by atoms with Gasteiger partial charge in [0.25, 0.3) is 5.91 Å². The number of carboxylic acids is 1. The van der Waals surface area contributed by atoms with E-state index in [1.54, 1.807) is 12.1 Å². The van der Waals surface area contributed by atoms with Crippen LogP contribution in [0.3, 0.4) is 0 Å². The van der Waals surface area contributed by atoms with Crippen LogP contribution in [0.2, 0.25) is 0 Å². The molecule has 0 saturated carbocycles. The first-order valence-electron chi connectivity index (χ1n) is 8.50. The van der Waals surface area contributed by atoms with Crippen molar-refractivity contribution in [3.05, 3.63) is 29.8 Å². The van der Waals surface area contributed by atoms with Crippen LogP contribution in [0.5, 0.6) is 0 Å². The maximum absolute atomic E-state index is 12.2. The van der Waals surface area contributed by atoms with Gasteiger partial charge in [-0.1, -0.05) is 19.8 Å². The van der Waals surface area contributed by atoms with Crippen LogP contribution in [-0.2, 0) is 4.79 Å². The van der Waals surface area contributed by atoms with Crippen LogP contribution in [0.25, 0.3) is 0 Å². The summed E-state index contributed by atoms with van der Waals surface area (Å²) in [4.78, 5) is 25.8. The minimum Gasteiger partial charge on any atom is -0.480 e. The quantitative estimate of drug-likeness (QED) is 0.810. The number of carboxylic acid groups (broad SMARTS) is 1. The summed E-state index contributed by atoms with van der Waals surface area (Å²) in [7, 11) is 0. The lowest BCUT2D eigenvalue weighted by molar-refractivity contribution is -0.139. The molecule has 126 valence electrons. The fourth-order valence-electron chi connectivity index (χ4n) is 2.88. The molecular weight excluding hydrogens is 292 g/mol. The number of piperidine rings is 1. The van der Waals surface area contributed by atoms with E-state index in [9.17, 15) is 14.7 Å². The Bertz CT molecular complexity index is 522. The Hall–Kier alpha value is -2.04. The number of amides is 1. The van der Waals surface area contributed by atoms with Gasteiger partial charge in [0.2, 0.25) is 0 Å². The van der Waals surface area contributed by atoms with Gasteiger partial charge in [0.05, 0.1) is 0 Å². The number of carbonyl (C=O) groups excluding carboxylic acids is 1. The highest BCUT2D eigenvalue weighted by Crippen LogP contribution is 2.20. The Morgan fingerprint density at radius 2 is 1.83 bits per heavy atom. The van der Waals surface area contributed by atoms with Crippen molar-refractivity contribution in [1.29, 1.82) is 0 Å². The Labute approximate surface area is 137 Å². The predicted molar refractivity (Wildman–Crippen MR) is 90.9 cm³/mol. The minimum atomic E-state index is -0.975. The molecule has 0 bridgehead atoms. The first-order valence-corrected chi connectivity index (χ1v) is 8.50. The first-order chi connectivity index (χ1) is 11.1. The minimum absolute atomic E-state index is 0.321. The van der Waals surface area contributed by atoms with E-state index >= 15 is 0 Å². The van der Waals surface area contributed by atoms with E-state index in [1.807, 2.05) is 19.1 Å². The van der Waals surface area contributed by atoms with E-state index in [1.165, 1.54) is 19.3 Å². The van der Waals surface area contributed by atoms with Crippen molar-refractivity contribution in [2.75, 3.05) is 18.0 Å². The fraction of sp³-hybridized carbons (Fsp3) is 0.556. The Morgan fingerprint density at radius 1 is 1.17 bits per heavy atom. The van der Waals surface area contributed by atoms with Crippen molar-refractivity contribution in [2.45, 2.75) is 51.5 Å². The average molecular weight is 318 g/mol. The van der Waals surface area contributed by atoms with Gasteiger partial charge in [0.15, 0.2) is 0 Å². The molecule has 23 heavy (non-hydrogen) atoms. The number of hydrogen-bond acceptors (Lipinski definition) is 3. The van der Waals surface area contributed by atoms with Crippen molar-refractivity contribution in [3.8, 4) is 0 Å². The highest BCUT2D eigenvalue weighted by Gasteiger charge is 2.20. The molecule has 0 aliphatic carbocycles. The first kappa shape index (κ1) is 17.3. The van der Waals surface area contributed by atoms with Gasteiger partial charge in [0, 0.05) is 24.3 Å². The van der Waals surface area contributed by atoms with E-state index in [2.05, 4.69) is 10.2 Å². The second-order valence-corrected chi connectivity index (χ2v) is 6.10. The van der Waals surface area contributed by atoms with Crippen LogP contribution < -0.4 is 10.2 Å². The van der Waals surface area contributed by atoms with Gasteiger partial charge in [0.1, 0.15) is 6.04 Å². The number of unbranched alkanes of at least 4 members (excludes halogenated alkanes) is 1. The number of aliphatic carboxylic acids is 1. The Kier molecular flexibility index (Phi) is 6.44. The molecule has 5 nitrogen and oxygen atoms in total. The van der Waals surface area contributed by atoms with Crippen molar-refractivity contribution in [1.82, 2.24) is 5.32 Å². The third-order valence-electron chi connectivity index (χ3n) is 4.30. The summed E-state index contributed by atoms with van der Waals surface area (Å²) in [6.07, 6.45) is 5.85. The number of carbonyl (C=O) groups is 2. The smallest absolute Gasteiger partial charge is 0.326 e. The van der Waals surface area contributed by atoms with Gasteiger partial charge < -0.3 is 15.3 Å². The topological polar surface area (TPSA) is 69.6 Å². The summed E-state index contributed by atoms with van der Waals surface area (Å²) in [6, 6.07) is 6.63. The molecule has 2 N–H and O–H groups in total. The summed E-state index contributed by atoms with van der Waals surface area (Å²) < 4.78 is 0. The number of hydrogen-bond donors (Lipinski definition) is 2. The second-order valence-electron chi connectivity index (χ2n) is 6.10. The number of anilines is 1. The van der Waals surface area contributed by atoms with E-state index in [0.717, 1.165) is 31.6 Å². The molecule has 1 atom stereocenters. The lowest BCUT2D eigenvalue weighted by Crippen LogP contribution is -2.40. The molecule has 0 spiro atoms. The molecule has 1 aliphatic heterocycles. The van der Waals surface area contributed by atoms with Crippen LogP contribution in [0.15, 0.2) is 24.3 Å². The average Bonchev–Trinajstić information content (AvgIpc) is 2.59. The number of rotatable bonds is 7. The summed E-state index contributed by atoms with van der Waals surface area (Å²) in [5.74, 6) is -1.30. The predicted octanol–water partition coefficient (Wildman–Crippen LogP) is 3.05.